The predicted octanol–water partition coefficient (Wildman–Crippen LogP) is 2.41. The van der Waals surface area contributed by atoms with Crippen LogP contribution in [-0.2, 0) is 0 Å². The SMILES string of the molecule is Cc1ccc(OCCN)c(Cl)c1.Cl. The number of benzene rings is 1. The minimum absolute atomic E-state index is 0. The average Bonchev–Trinajstić information content (AvgIpc) is 2.03. The summed E-state index contributed by atoms with van der Waals surface area (Å²) in [4.78, 5) is 0. The molecular weight excluding hydrogens is 209 g/mol. The third kappa shape index (κ3) is 3.85. The zero-order chi connectivity index (χ0) is 8.97. The molecular formula is C9H13Cl2NO. The van der Waals surface area contributed by atoms with Gasteiger partial charge in [0.15, 0.2) is 0 Å². The van der Waals surface area contributed by atoms with Crippen LogP contribution < -0.4 is 10.5 Å². The fourth-order valence-corrected chi connectivity index (χ4v) is 1.18. The molecule has 4 heteroatoms. The van der Waals surface area contributed by atoms with Crippen LogP contribution in [0.15, 0.2) is 18.2 Å². The first-order valence-corrected chi connectivity index (χ1v) is 4.21. The van der Waals surface area contributed by atoms with Gasteiger partial charge in [0.2, 0.25) is 0 Å². The molecule has 0 spiro atoms. The summed E-state index contributed by atoms with van der Waals surface area (Å²) in [7, 11) is 0. The summed E-state index contributed by atoms with van der Waals surface area (Å²) in [6, 6.07) is 5.68. The van der Waals surface area contributed by atoms with E-state index < -0.39 is 0 Å². The Morgan fingerprint density at radius 3 is 2.69 bits per heavy atom. The van der Waals surface area contributed by atoms with Gasteiger partial charge in [-0.15, -0.1) is 12.4 Å². The van der Waals surface area contributed by atoms with Gasteiger partial charge in [-0.1, -0.05) is 17.7 Å². The molecule has 0 unspecified atom stereocenters. The summed E-state index contributed by atoms with van der Waals surface area (Å²) in [6.07, 6.45) is 0. The van der Waals surface area contributed by atoms with Crippen LogP contribution in [0.1, 0.15) is 5.56 Å². The van der Waals surface area contributed by atoms with Crippen molar-refractivity contribution in [2.75, 3.05) is 13.2 Å². The lowest BCUT2D eigenvalue weighted by molar-refractivity contribution is 0.328. The Hall–Kier alpha value is -0.440. The molecule has 1 aromatic carbocycles. The summed E-state index contributed by atoms with van der Waals surface area (Å²) in [5, 5.41) is 0.642. The third-order valence-electron chi connectivity index (χ3n) is 1.46. The van der Waals surface area contributed by atoms with E-state index in [2.05, 4.69) is 0 Å². The van der Waals surface area contributed by atoms with Crippen LogP contribution in [0.5, 0.6) is 5.75 Å². The number of aryl methyl sites for hydroxylation is 1. The Balaban J connectivity index is 0.00000144. The molecule has 0 radical (unpaired) electrons. The minimum Gasteiger partial charge on any atom is -0.491 e. The van der Waals surface area contributed by atoms with E-state index in [-0.39, 0.29) is 12.4 Å². The maximum absolute atomic E-state index is 5.90. The number of nitrogens with two attached hydrogens (primary N) is 1. The minimum atomic E-state index is 0. The molecule has 0 aromatic heterocycles. The number of ether oxygens (including phenoxy) is 1. The lowest BCUT2D eigenvalue weighted by atomic mass is 10.2. The fraction of sp³-hybridized carbons (Fsp3) is 0.333. The van der Waals surface area contributed by atoms with Crippen LogP contribution in [0, 0.1) is 6.92 Å². The van der Waals surface area contributed by atoms with Gasteiger partial charge in [-0.2, -0.15) is 0 Å². The molecule has 2 nitrogen and oxygen atoms in total. The summed E-state index contributed by atoms with van der Waals surface area (Å²) in [5.41, 5.74) is 6.41. The van der Waals surface area contributed by atoms with E-state index >= 15 is 0 Å². The second kappa shape index (κ2) is 6.08. The summed E-state index contributed by atoms with van der Waals surface area (Å²) in [6.45, 7) is 2.99. The standard InChI is InChI=1S/C9H12ClNO.ClH/c1-7-2-3-9(8(10)6-7)12-5-4-11;/h2-3,6H,4-5,11H2,1H3;1H. The van der Waals surface area contributed by atoms with Crippen LogP contribution in [0.25, 0.3) is 0 Å². The Kier molecular flexibility index (Phi) is 5.88. The largest absolute Gasteiger partial charge is 0.491 e. The van der Waals surface area contributed by atoms with Crippen molar-refractivity contribution in [1.29, 1.82) is 0 Å². The smallest absolute Gasteiger partial charge is 0.137 e. The summed E-state index contributed by atoms with van der Waals surface area (Å²) in [5.74, 6) is 0.702. The second-order valence-corrected chi connectivity index (χ2v) is 2.98. The predicted molar refractivity (Wildman–Crippen MR) is 58.0 cm³/mol. The molecule has 0 amide bonds. The lowest BCUT2D eigenvalue weighted by Crippen LogP contribution is -2.10. The van der Waals surface area contributed by atoms with Gasteiger partial charge >= 0.3 is 0 Å². The Labute approximate surface area is 89.4 Å². The van der Waals surface area contributed by atoms with E-state index in [0.717, 1.165) is 5.56 Å². The number of rotatable bonds is 3. The van der Waals surface area contributed by atoms with Crippen LogP contribution in [-0.4, -0.2) is 13.2 Å². The zero-order valence-corrected chi connectivity index (χ0v) is 8.99. The van der Waals surface area contributed by atoms with Crippen molar-refractivity contribution in [3.8, 4) is 5.75 Å². The molecule has 1 aromatic rings. The quantitative estimate of drug-likeness (QED) is 0.852. The first kappa shape index (κ1) is 12.6. The molecule has 0 atom stereocenters. The van der Waals surface area contributed by atoms with Gasteiger partial charge in [0.05, 0.1) is 5.02 Å². The maximum atomic E-state index is 5.90. The molecule has 0 fully saturated rings. The van der Waals surface area contributed by atoms with Crippen molar-refractivity contribution in [1.82, 2.24) is 0 Å². The molecule has 2 N–H and O–H groups in total. The van der Waals surface area contributed by atoms with Crippen molar-refractivity contribution < 1.29 is 4.74 Å². The van der Waals surface area contributed by atoms with Gasteiger partial charge in [-0.05, 0) is 24.6 Å². The first-order valence-electron chi connectivity index (χ1n) is 3.83. The van der Waals surface area contributed by atoms with E-state index in [9.17, 15) is 0 Å². The topological polar surface area (TPSA) is 35.2 Å². The van der Waals surface area contributed by atoms with Gasteiger partial charge in [0, 0.05) is 6.54 Å². The highest BCUT2D eigenvalue weighted by atomic mass is 35.5. The Bertz CT molecular complexity index is 266. The molecule has 1 rings (SSSR count). The van der Waals surface area contributed by atoms with Gasteiger partial charge < -0.3 is 10.5 Å². The highest BCUT2D eigenvalue weighted by Gasteiger charge is 1.99. The monoisotopic (exact) mass is 221 g/mol. The zero-order valence-electron chi connectivity index (χ0n) is 7.42. The third-order valence-corrected chi connectivity index (χ3v) is 1.76. The fourth-order valence-electron chi connectivity index (χ4n) is 0.892. The van der Waals surface area contributed by atoms with E-state index in [4.69, 9.17) is 22.1 Å². The average molecular weight is 222 g/mol. The Morgan fingerprint density at radius 1 is 1.46 bits per heavy atom. The lowest BCUT2D eigenvalue weighted by Gasteiger charge is -2.06. The molecule has 74 valence electrons. The molecule has 0 aliphatic rings. The van der Waals surface area contributed by atoms with Gasteiger partial charge in [0.25, 0.3) is 0 Å². The molecule has 0 aliphatic carbocycles. The van der Waals surface area contributed by atoms with E-state index in [1.807, 2.05) is 25.1 Å². The second-order valence-electron chi connectivity index (χ2n) is 2.57. The van der Waals surface area contributed by atoms with Gasteiger partial charge in [0.1, 0.15) is 12.4 Å². The van der Waals surface area contributed by atoms with Crippen LogP contribution in [0.3, 0.4) is 0 Å². The summed E-state index contributed by atoms with van der Waals surface area (Å²) < 4.78 is 5.28. The highest BCUT2D eigenvalue weighted by molar-refractivity contribution is 6.32. The van der Waals surface area contributed by atoms with Crippen molar-refractivity contribution in [3.63, 3.8) is 0 Å². The Morgan fingerprint density at radius 2 is 2.15 bits per heavy atom. The number of hydrogen-bond acceptors (Lipinski definition) is 2. The van der Waals surface area contributed by atoms with E-state index in [0.29, 0.717) is 23.9 Å². The first-order chi connectivity index (χ1) is 5.74. The van der Waals surface area contributed by atoms with E-state index in [1.165, 1.54) is 0 Å². The molecule has 0 heterocycles. The van der Waals surface area contributed by atoms with Gasteiger partial charge in [-0.25, -0.2) is 0 Å². The molecule has 13 heavy (non-hydrogen) atoms. The maximum Gasteiger partial charge on any atom is 0.137 e. The molecule has 0 saturated heterocycles. The van der Waals surface area contributed by atoms with E-state index in [1.54, 1.807) is 0 Å². The van der Waals surface area contributed by atoms with Crippen LogP contribution in [0.2, 0.25) is 5.02 Å². The molecule has 0 saturated carbocycles. The van der Waals surface area contributed by atoms with Gasteiger partial charge in [-0.3, -0.25) is 0 Å². The number of hydrogen-bond donors (Lipinski definition) is 1. The van der Waals surface area contributed by atoms with Crippen LogP contribution >= 0.6 is 24.0 Å². The number of halogens is 2. The van der Waals surface area contributed by atoms with Crippen LogP contribution in [0.4, 0.5) is 0 Å². The van der Waals surface area contributed by atoms with Crippen molar-refractivity contribution in [3.05, 3.63) is 28.8 Å². The summed E-state index contributed by atoms with van der Waals surface area (Å²) >= 11 is 5.90. The molecule has 0 bridgehead atoms. The highest BCUT2D eigenvalue weighted by Crippen LogP contribution is 2.24. The van der Waals surface area contributed by atoms with Crippen molar-refractivity contribution in [2.24, 2.45) is 5.73 Å². The molecule has 0 aliphatic heterocycles. The normalized spacial score (nSPS) is 9.15. The van der Waals surface area contributed by atoms with Crippen molar-refractivity contribution in [2.45, 2.75) is 6.92 Å². The van der Waals surface area contributed by atoms with Crippen molar-refractivity contribution >= 4 is 24.0 Å².